The third-order valence-corrected chi connectivity index (χ3v) is 2.02. The van der Waals surface area contributed by atoms with Gasteiger partial charge in [0, 0.05) is 12.3 Å². The van der Waals surface area contributed by atoms with Crippen LogP contribution in [0.5, 0.6) is 5.88 Å². The maximum Gasteiger partial charge on any atom is 0.248 e. The van der Waals surface area contributed by atoms with E-state index in [-0.39, 0.29) is 5.56 Å². The van der Waals surface area contributed by atoms with Gasteiger partial charge in [-0.2, -0.15) is 0 Å². The monoisotopic (exact) mass is 202 g/mol. The van der Waals surface area contributed by atoms with Gasteiger partial charge in [0.1, 0.15) is 0 Å². The number of nitrogens with zero attached hydrogens (tertiary/aromatic N) is 1. The summed E-state index contributed by atoms with van der Waals surface area (Å²) in [5, 5.41) is 0. The molecule has 0 spiro atoms. The van der Waals surface area contributed by atoms with Crippen LogP contribution in [0.4, 0.5) is 0 Å². The predicted octanol–water partition coefficient (Wildman–Crippen LogP) is 1.45. The highest BCUT2D eigenvalue weighted by atomic mass is 16.5. The van der Waals surface area contributed by atoms with Gasteiger partial charge in [-0.1, -0.05) is 6.07 Å². The Morgan fingerprint density at radius 2 is 2.13 bits per heavy atom. The smallest absolute Gasteiger partial charge is 0.248 e. The van der Waals surface area contributed by atoms with E-state index in [1.807, 2.05) is 6.07 Å². The average molecular weight is 202 g/mol. The molecule has 0 aliphatic rings. The van der Waals surface area contributed by atoms with Crippen molar-refractivity contribution in [2.75, 3.05) is 7.11 Å². The minimum absolute atomic E-state index is 0.140. The number of hydrogen-bond donors (Lipinski definition) is 1. The average Bonchev–Trinajstić information content (AvgIpc) is 2.29. The molecule has 0 atom stereocenters. The van der Waals surface area contributed by atoms with Crippen molar-refractivity contribution in [1.82, 2.24) is 9.97 Å². The van der Waals surface area contributed by atoms with Gasteiger partial charge in [-0.15, -0.1) is 0 Å². The van der Waals surface area contributed by atoms with Gasteiger partial charge < -0.3 is 9.72 Å². The van der Waals surface area contributed by atoms with Gasteiger partial charge in [-0.3, -0.25) is 4.79 Å². The first kappa shape index (κ1) is 9.45. The van der Waals surface area contributed by atoms with Crippen LogP contribution in [-0.2, 0) is 0 Å². The number of H-pyrrole nitrogens is 1. The standard InChI is InChI=1S/C11H10N2O2/c1-15-11-8(4-3-7-12-11)9-5-2-6-10(14)13-9/h2-7H,1H3,(H,13,14). The highest BCUT2D eigenvalue weighted by Gasteiger charge is 2.05. The van der Waals surface area contributed by atoms with E-state index in [4.69, 9.17) is 4.74 Å². The summed E-state index contributed by atoms with van der Waals surface area (Å²) in [4.78, 5) is 17.9. The summed E-state index contributed by atoms with van der Waals surface area (Å²) >= 11 is 0. The highest BCUT2D eigenvalue weighted by molar-refractivity contribution is 5.64. The van der Waals surface area contributed by atoms with Gasteiger partial charge in [0.15, 0.2) is 0 Å². The summed E-state index contributed by atoms with van der Waals surface area (Å²) in [5.74, 6) is 0.499. The lowest BCUT2D eigenvalue weighted by Crippen LogP contribution is -2.04. The third-order valence-electron chi connectivity index (χ3n) is 2.02. The van der Waals surface area contributed by atoms with Crippen molar-refractivity contribution in [2.45, 2.75) is 0 Å². The molecule has 76 valence electrons. The van der Waals surface area contributed by atoms with Crippen molar-refractivity contribution in [3.05, 3.63) is 46.9 Å². The van der Waals surface area contributed by atoms with Gasteiger partial charge in [0.25, 0.3) is 0 Å². The lowest BCUT2D eigenvalue weighted by molar-refractivity contribution is 0.399. The fourth-order valence-electron chi connectivity index (χ4n) is 1.36. The van der Waals surface area contributed by atoms with E-state index in [1.54, 1.807) is 31.5 Å². The van der Waals surface area contributed by atoms with E-state index in [1.165, 1.54) is 6.07 Å². The highest BCUT2D eigenvalue weighted by Crippen LogP contribution is 2.24. The summed E-state index contributed by atoms with van der Waals surface area (Å²) in [6.45, 7) is 0. The van der Waals surface area contributed by atoms with Gasteiger partial charge in [0.2, 0.25) is 11.4 Å². The normalized spacial score (nSPS) is 9.93. The molecule has 0 aliphatic carbocycles. The zero-order valence-corrected chi connectivity index (χ0v) is 8.23. The molecule has 0 unspecified atom stereocenters. The van der Waals surface area contributed by atoms with Gasteiger partial charge in [-0.25, -0.2) is 4.98 Å². The molecule has 0 radical (unpaired) electrons. The van der Waals surface area contributed by atoms with Crippen molar-refractivity contribution in [3.63, 3.8) is 0 Å². The summed E-state index contributed by atoms with van der Waals surface area (Å²) in [6.07, 6.45) is 1.64. The Hall–Kier alpha value is -2.10. The molecule has 2 aromatic heterocycles. The fourth-order valence-corrected chi connectivity index (χ4v) is 1.36. The number of ether oxygens (including phenoxy) is 1. The number of rotatable bonds is 2. The zero-order chi connectivity index (χ0) is 10.7. The van der Waals surface area contributed by atoms with Crippen molar-refractivity contribution in [1.29, 1.82) is 0 Å². The lowest BCUT2D eigenvalue weighted by Gasteiger charge is -2.05. The Labute approximate surface area is 86.6 Å². The first-order chi connectivity index (χ1) is 7.31. The molecule has 0 fully saturated rings. The molecular weight excluding hydrogens is 192 g/mol. The Kier molecular flexibility index (Phi) is 2.49. The van der Waals surface area contributed by atoms with Crippen LogP contribution >= 0.6 is 0 Å². The quantitative estimate of drug-likeness (QED) is 0.801. The van der Waals surface area contributed by atoms with E-state index in [9.17, 15) is 4.79 Å². The van der Waals surface area contributed by atoms with Crippen LogP contribution in [-0.4, -0.2) is 17.1 Å². The molecule has 0 amide bonds. The van der Waals surface area contributed by atoms with Crippen LogP contribution in [0, 0.1) is 0 Å². The van der Waals surface area contributed by atoms with Crippen molar-refractivity contribution >= 4 is 0 Å². The molecule has 0 saturated carbocycles. The van der Waals surface area contributed by atoms with Crippen LogP contribution in [0.2, 0.25) is 0 Å². The second-order valence-corrected chi connectivity index (χ2v) is 2.99. The number of hydrogen-bond acceptors (Lipinski definition) is 3. The minimum atomic E-state index is -0.140. The maximum atomic E-state index is 11.1. The van der Waals surface area contributed by atoms with Crippen LogP contribution < -0.4 is 10.3 Å². The van der Waals surface area contributed by atoms with Crippen LogP contribution in [0.15, 0.2) is 41.3 Å². The lowest BCUT2D eigenvalue weighted by atomic mass is 10.2. The molecule has 1 N–H and O–H groups in total. The van der Waals surface area contributed by atoms with Gasteiger partial charge in [-0.05, 0) is 18.2 Å². The molecule has 4 heteroatoms. The summed E-state index contributed by atoms with van der Waals surface area (Å²) in [5.41, 5.74) is 1.34. The molecule has 0 aliphatic heterocycles. The molecule has 15 heavy (non-hydrogen) atoms. The summed E-state index contributed by atoms with van der Waals surface area (Å²) < 4.78 is 5.11. The maximum absolute atomic E-state index is 11.1. The minimum Gasteiger partial charge on any atom is -0.481 e. The molecule has 2 rings (SSSR count). The Morgan fingerprint density at radius 1 is 1.27 bits per heavy atom. The fraction of sp³-hybridized carbons (Fsp3) is 0.0909. The molecule has 0 aromatic carbocycles. The third kappa shape index (κ3) is 1.88. The number of methoxy groups -OCH3 is 1. The molecular formula is C11H10N2O2. The first-order valence-corrected chi connectivity index (χ1v) is 4.50. The largest absolute Gasteiger partial charge is 0.481 e. The van der Waals surface area contributed by atoms with Crippen LogP contribution in [0.1, 0.15) is 0 Å². The van der Waals surface area contributed by atoms with E-state index in [0.29, 0.717) is 11.6 Å². The second kappa shape index (κ2) is 3.96. The summed E-state index contributed by atoms with van der Waals surface area (Å²) in [6, 6.07) is 8.61. The van der Waals surface area contributed by atoms with E-state index in [0.717, 1.165) is 5.56 Å². The number of nitrogens with one attached hydrogen (secondary N) is 1. The number of aromatic nitrogens is 2. The van der Waals surface area contributed by atoms with Gasteiger partial charge in [0.05, 0.1) is 18.4 Å². The van der Waals surface area contributed by atoms with E-state index in [2.05, 4.69) is 9.97 Å². The van der Waals surface area contributed by atoms with E-state index >= 15 is 0 Å². The SMILES string of the molecule is COc1ncccc1-c1cccc(=O)[nH]1. The second-order valence-electron chi connectivity index (χ2n) is 2.99. The number of aromatic amines is 1. The Morgan fingerprint density at radius 3 is 2.87 bits per heavy atom. The van der Waals surface area contributed by atoms with Crippen molar-refractivity contribution < 1.29 is 4.74 Å². The summed E-state index contributed by atoms with van der Waals surface area (Å²) in [7, 11) is 1.55. The molecule has 0 saturated heterocycles. The van der Waals surface area contributed by atoms with E-state index < -0.39 is 0 Å². The Balaban J connectivity index is 2.58. The first-order valence-electron chi connectivity index (χ1n) is 4.50. The van der Waals surface area contributed by atoms with Crippen molar-refractivity contribution in [3.8, 4) is 17.1 Å². The predicted molar refractivity (Wildman–Crippen MR) is 56.8 cm³/mol. The topological polar surface area (TPSA) is 55.0 Å². The van der Waals surface area contributed by atoms with Gasteiger partial charge >= 0.3 is 0 Å². The van der Waals surface area contributed by atoms with Crippen LogP contribution in [0.25, 0.3) is 11.3 Å². The molecule has 2 aromatic rings. The Bertz CT molecular complexity index is 520. The van der Waals surface area contributed by atoms with Crippen LogP contribution in [0.3, 0.4) is 0 Å². The molecule has 4 nitrogen and oxygen atoms in total. The van der Waals surface area contributed by atoms with Crippen molar-refractivity contribution in [2.24, 2.45) is 0 Å². The molecule has 2 heterocycles. The molecule has 0 bridgehead atoms. The number of pyridine rings is 2. The zero-order valence-electron chi connectivity index (χ0n) is 8.23.